The lowest BCUT2D eigenvalue weighted by Gasteiger charge is -2.26. The number of unbranched alkanes of at least 4 members (excludes halogenated alkanes) is 1. The van der Waals surface area contributed by atoms with Crippen LogP contribution in [-0.2, 0) is 6.42 Å². The van der Waals surface area contributed by atoms with Crippen molar-refractivity contribution in [1.82, 2.24) is 0 Å². The maximum absolute atomic E-state index is 11.0. The summed E-state index contributed by atoms with van der Waals surface area (Å²) in [6.07, 6.45) is 5.89. The van der Waals surface area contributed by atoms with Gasteiger partial charge in [0.2, 0.25) is 0 Å². The zero-order valence-corrected chi connectivity index (χ0v) is 15.6. The van der Waals surface area contributed by atoms with E-state index in [1.54, 1.807) is 26.2 Å². The number of methoxy groups -OCH3 is 1. The number of aryl methyl sites for hydroxylation is 2. The number of benzene rings is 2. The predicted octanol–water partition coefficient (Wildman–Crippen LogP) is 4.67. The number of hydrogen-bond donors (Lipinski definition) is 0. The van der Waals surface area contributed by atoms with Gasteiger partial charge >= 0.3 is 0 Å². The molecule has 1 atom stereocenters. The van der Waals surface area contributed by atoms with Crippen molar-refractivity contribution in [3.05, 3.63) is 64.1 Å². The topological polar surface area (TPSA) is 70.8 Å². The average molecular weight is 370 g/mol. The maximum atomic E-state index is 11.0. The summed E-state index contributed by atoms with van der Waals surface area (Å²) in [5.41, 5.74) is 1.93. The smallest absolute Gasteiger partial charge is 0.275 e. The third kappa shape index (κ3) is 4.90. The lowest BCUT2D eigenvalue weighted by atomic mass is 9.99. The molecular formula is C21H24NO5. The fourth-order valence-corrected chi connectivity index (χ4v) is 3.14. The Balaban J connectivity index is 1.42. The highest BCUT2D eigenvalue weighted by Gasteiger charge is 2.20. The van der Waals surface area contributed by atoms with E-state index >= 15 is 0 Å². The second-order valence-electron chi connectivity index (χ2n) is 6.62. The van der Waals surface area contributed by atoms with Gasteiger partial charge in [-0.3, -0.25) is 10.1 Å². The van der Waals surface area contributed by atoms with Crippen molar-refractivity contribution < 1.29 is 19.1 Å². The molecule has 0 N–H and O–H groups in total. The minimum Gasteiger partial charge on any atom is -0.497 e. The molecule has 3 rings (SSSR count). The molecule has 0 fully saturated rings. The van der Waals surface area contributed by atoms with Crippen molar-refractivity contribution in [3.8, 4) is 17.2 Å². The van der Waals surface area contributed by atoms with Crippen LogP contribution in [0.25, 0.3) is 0 Å². The minimum atomic E-state index is -0.387. The Labute approximate surface area is 159 Å². The van der Waals surface area contributed by atoms with Crippen molar-refractivity contribution in [3.63, 3.8) is 0 Å². The highest BCUT2D eigenvalue weighted by molar-refractivity contribution is 5.45. The second kappa shape index (κ2) is 8.75. The Morgan fingerprint density at radius 3 is 2.85 bits per heavy atom. The molecule has 1 unspecified atom stereocenters. The van der Waals surface area contributed by atoms with Crippen LogP contribution in [0.1, 0.15) is 30.4 Å². The third-order valence-corrected chi connectivity index (χ3v) is 4.70. The lowest BCUT2D eigenvalue weighted by Crippen LogP contribution is -2.22. The van der Waals surface area contributed by atoms with E-state index in [1.807, 2.05) is 12.1 Å². The molecule has 1 heterocycles. The molecule has 1 aliphatic rings. The number of hydrogen-bond acceptors (Lipinski definition) is 5. The van der Waals surface area contributed by atoms with Crippen LogP contribution in [0.5, 0.6) is 17.2 Å². The van der Waals surface area contributed by atoms with E-state index in [1.165, 1.54) is 11.6 Å². The first-order valence-electron chi connectivity index (χ1n) is 9.10. The molecule has 0 saturated heterocycles. The van der Waals surface area contributed by atoms with Crippen LogP contribution >= 0.6 is 0 Å². The number of nitro benzene ring substituents is 1. The molecule has 1 radical (unpaired) electrons. The van der Waals surface area contributed by atoms with Crippen molar-refractivity contribution in [2.75, 3.05) is 13.7 Å². The van der Waals surface area contributed by atoms with Gasteiger partial charge in [-0.1, -0.05) is 6.07 Å². The maximum Gasteiger partial charge on any atom is 0.275 e. The first-order valence-corrected chi connectivity index (χ1v) is 9.10. The van der Waals surface area contributed by atoms with Crippen LogP contribution in [-0.4, -0.2) is 24.7 Å². The normalized spacial score (nSPS) is 15.6. The standard InChI is InChI=1S/C21H24NO5/c1-15-6-9-19(13-20(15)22(23)24)26-12-4-3-5-17-10-7-16-8-11-18(25-2)14-21(16)27-17/h3,6,8-9,11,13-14,17H,4-5,7,10,12H2,1-2H3. The van der Waals surface area contributed by atoms with Crippen LogP contribution in [0.4, 0.5) is 5.69 Å². The number of fused-ring (bicyclic) bond motifs is 1. The van der Waals surface area contributed by atoms with Gasteiger partial charge in [0, 0.05) is 11.6 Å². The molecule has 2 aromatic carbocycles. The second-order valence-corrected chi connectivity index (χ2v) is 6.62. The van der Waals surface area contributed by atoms with E-state index in [0.29, 0.717) is 17.9 Å². The molecule has 0 amide bonds. The number of ether oxygens (including phenoxy) is 3. The van der Waals surface area contributed by atoms with Crippen molar-refractivity contribution in [1.29, 1.82) is 0 Å². The molecule has 6 heteroatoms. The monoisotopic (exact) mass is 370 g/mol. The third-order valence-electron chi connectivity index (χ3n) is 4.70. The van der Waals surface area contributed by atoms with E-state index in [4.69, 9.17) is 14.2 Å². The van der Waals surface area contributed by atoms with Gasteiger partial charge in [0.15, 0.2) is 0 Å². The Bertz CT molecular complexity index is 805. The predicted molar refractivity (Wildman–Crippen MR) is 103 cm³/mol. The number of rotatable bonds is 8. The molecule has 143 valence electrons. The summed E-state index contributed by atoms with van der Waals surface area (Å²) in [5, 5.41) is 11.0. The molecule has 2 aromatic rings. The quantitative estimate of drug-likeness (QED) is 0.384. The molecule has 1 aliphatic heterocycles. The molecule has 0 spiro atoms. The van der Waals surface area contributed by atoms with Crippen LogP contribution in [0.15, 0.2) is 36.4 Å². The summed E-state index contributed by atoms with van der Waals surface area (Å²) >= 11 is 0. The molecule has 0 aromatic heterocycles. The van der Waals surface area contributed by atoms with Crippen molar-refractivity contribution in [2.24, 2.45) is 0 Å². The molecule has 27 heavy (non-hydrogen) atoms. The summed E-state index contributed by atoms with van der Waals surface area (Å²) in [7, 11) is 1.65. The number of nitro groups is 1. The Morgan fingerprint density at radius 1 is 1.26 bits per heavy atom. The van der Waals surface area contributed by atoms with Gasteiger partial charge in [-0.15, -0.1) is 0 Å². The molecular weight excluding hydrogens is 346 g/mol. The van der Waals surface area contributed by atoms with Gasteiger partial charge in [0.1, 0.15) is 17.2 Å². The average Bonchev–Trinajstić information content (AvgIpc) is 2.68. The SMILES string of the molecule is COc1ccc2c(c1)OC(C[CH]CCOc1ccc(C)c([N+](=O)[O-])c1)CC2. The Morgan fingerprint density at radius 2 is 2.07 bits per heavy atom. The highest BCUT2D eigenvalue weighted by Crippen LogP contribution is 2.32. The molecule has 0 saturated carbocycles. The molecule has 6 nitrogen and oxygen atoms in total. The fourth-order valence-electron chi connectivity index (χ4n) is 3.14. The zero-order valence-electron chi connectivity index (χ0n) is 15.6. The summed E-state index contributed by atoms with van der Waals surface area (Å²) in [6.45, 7) is 2.20. The van der Waals surface area contributed by atoms with Gasteiger partial charge in [-0.2, -0.15) is 0 Å². The zero-order chi connectivity index (χ0) is 19.2. The molecule has 0 aliphatic carbocycles. The van der Waals surface area contributed by atoms with Crippen molar-refractivity contribution >= 4 is 5.69 Å². The van der Waals surface area contributed by atoms with Crippen LogP contribution in [0.2, 0.25) is 0 Å². The Hall–Kier alpha value is -2.76. The number of nitrogens with zero attached hydrogens (tertiary/aromatic N) is 1. The van der Waals surface area contributed by atoms with Crippen molar-refractivity contribution in [2.45, 2.75) is 38.7 Å². The summed E-state index contributed by atoms with van der Waals surface area (Å²) < 4.78 is 17.0. The summed E-state index contributed by atoms with van der Waals surface area (Å²) in [4.78, 5) is 10.6. The Kier molecular flexibility index (Phi) is 6.16. The van der Waals surface area contributed by atoms with E-state index in [0.717, 1.165) is 37.2 Å². The minimum absolute atomic E-state index is 0.0844. The van der Waals surface area contributed by atoms with E-state index in [9.17, 15) is 10.1 Å². The van der Waals surface area contributed by atoms with Gasteiger partial charge in [0.05, 0.1) is 30.8 Å². The van der Waals surface area contributed by atoms with Crippen LogP contribution < -0.4 is 14.2 Å². The van der Waals surface area contributed by atoms with E-state index < -0.39 is 0 Å². The van der Waals surface area contributed by atoms with Crippen LogP contribution in [0, 0.1) is 23.5 Å². The van der Waals surface area contributed by atoms with Gasteiger partial charge in [-0.05, 0) is 62.8 Å². The highest BCUT2D eigenvalue weighted by atomic mass is 16.6. The fraction of sp³-hybridized carbons (Fsp3) is 0.381. The van der Waals surface area contributed by atoms with Crippen LogP contribution in [0.3, 0.4) is 0 Å². The van der Waals surface area contributed by atoms with E-state index in [2.05, 4.69) is 12.5 Å². The molecule has 0 bridgehead atoms. The van der Waals surface area contributed by atoms with Gasteiger partial charge < -0.3 is 14.2 Å². The lowest BCUT2D eigenvalue weighted by molar-refractivity contribution is -0.385. The summed E-state index contributed by atoms with van der Waals surface area (Å²) in [5.74, 6) is 2.23. The van der Waals surface area contributed by atoms with Gasteiger partial charge in [-0.25, -0.2) is 0 Å². The first kappa shape index (κ1) is 19.0. The first-order chi connectivity index (χ1) is 13.1. The largest absolute Gasteiger partial charge is 0.497 e. The van der Waals surface area contributed by atoms with E-state index in [-0.39, 0.29) is 16.7 Å². The van der Waals surface area contributed by atoms with Gasteiger partial charge in [0.25, 0.3) is 5.69 Å². The summed E-state index contributed by atoms with van der Waals surface area (Å²) in [6, 6.07) is 10.9.